The van der Waals surface area contributed by atoms with Gasteiger partial charge in [-0.15, -0.1) is 0 Å². The van der Waals surface area contributed by atoms with E-state index in [0.717, 1.165) is 23.9 Å². The van der Waals surface area contributed by atoms with Crippen LogP contribution >= 0.6 is 0 Å². The van der Waals surface area contributed by atoms with Crippen molar-refractivity contribution in [1.82, 2.24) is 13.4 Å². The number of para-hydroxylation sites is 2. The van der Waals surface area contributed by atoms with Crippen LogP contribution in [0.15, 0.2) is 58.2 Å². The van der Waals surface area contributed by atoms with E-state index in [9.17, 15) is 18.0 Å². The molecule has 1 amide bonds. The number of amides is 1. The molecule has 1 saturated heterocycles. The second kappa shape index (κ2) is 8.08. The number of carbonyl (C=O) groups excluding carboxylic acids is 1. The standard InChI is InChI=1S/C21H24N4O4S/c1-23-18-6-2-3-7-19(18)25(21(23)27)15-12-20(26)22-16-8-10-17(11-9-16)30(28,29)24-13-4-5-14-24/h2-3,6-11H,4-5,12-15H2,1H3,(H,22,26). The van der Waals surface area contributed by atoms with E-state index in [1.54, 1.807) is 28.3 Å². The second-order valence-corrected chi connectivity index (χ2v) is 9.35. The number of sulfonamides is 1. The molecule has 1 aliphatic heterocycles. The van der Waals surface area contributed by atoms with Crippen LogP contribution in [0.3, 0.4) is 0 Å². The van der Waals surface area contributed by atoms with Crippen LogP contribution in [0.1, 0.15) is 19.3 Å². The number of hydrogen-bond acceptors (Lipinski definition) is 4. The number of nitrogens with zero attached hydrogens (tertiary/aromatic N) is 3. The molecule has 0 atom stereocenters. The first-order valence-electron chi connectivity index (χ1n) is 9.92. The fraction of sp³-hybridized carbons (Fsp3) is 0.333. The van der Waals surface area contributed by atoms with Gasteiger partial charge >= 0.3 is 5.69 Å². The van der Waals surface area contributed by atoms with Gasteiger partial charge in [0.15, 0.2) is 0 Å². The minimum absolute atomic E-state index is 0.127. The molecule has 0 aliphatic carbocycles. The minimum Gasteiger partial charge on any atom is -0.326 e. The first-order valence-corrected chi connectivity index (χ1v) is 11.4. The van der Waals surface area contributed by atoms with E-state index in [1.807, 2.05) is 24.3 Å². The monoisotopic (exact) mass is 428 g/mol. The van der Waals surface area contributed by atoms with Gasteiger partial charge in [-0.2, -0.15) is 4.31 Å². The van der Waals surface area contributed by atoms with E-state index >= 15 is 0 Å². The Bertz CT molecular complexity index is 1240. The van der Waals surface area contributed by atoms with Gasteiger partial charge in [-0.05, 0) is 49.2 Å². The average molecular weight is 429 g/mol. The number of aryl methyl sites for hydroxylation is 2. The van der Waals surface area contributed by atoms with Crippen molar-refractivity contribution in [3.8, 4) is 0 Å². The number of benzene rings is 2. The Morgan fingerprint density at radius 2 is 1.63 bits per heavy atom. The summed E-state index contributed by atoms with van der Waals surface area (Å²) in [5.74, 6) is -0.245. The molecule has 1 aromatic heterocycles. The van der Waals surface area contributed by atoms with Crippen molar-refractivity contribution < 1.29 is 13.2 Å². The highest BCUT2D eigenvalue weighted by Gasteiger charge is 2.26. The molecule has 1 N–H and O–H groups in total. The number of imidazole rings is 1. The lowest BCUT2D eigenvalue weighted by atomic mass is 10.3. The van der Waals surface area contributed by atoms with Crippen molar-refractivity contribution >= 4 is 32.7 Å². The van der Waals surface area contributed by atoms with Crippen LogP contribution in [0.4, 0.5) is 5.69 Å². The second-order valence-electron chi connectivity index (χ2n) is 7.42. The molecule has 2 aromatic carbocycles. The van der Waals surface area contributed by atoms with Crippen LogP contribution in [-0.2, 0) is 28.4 Å². The zero-order valence-electron chi connectivity index (χ0n) is 16.7. The third-order valence-corrected chi connectivity index (χ3v) is 7.37. The van der Waals surface area contributed by atoms with Gasteiger partial charge in [-0.25, -0.2) is 13.2 Å². The van der Waals surface area contributed by atoms with E-state index in [-0.39, 0.29) is 29.5 Å². The Hall–Kier alpha value is -2.91. The lowest BCUT2D eigenvalue weighted by molar-refractivity contribution is -0.116. The Morgan fingerprint density at radius 3 is 2.30 bits per heavy atom. The quantitative estimate of drug-likeness (QED) is 0.651. The van der Waals surface area contributed by atoms with Crippen molar-refractivity contribution in [2.45, 2.75) is 30.7 Å². The van der Waals surface area contributed by atoms with E-state index < -0.39 is 10.0 Å². The molecule has 3 aromatic rings. The van der Waals surface area contributed by atoms with Gasteiger partial charge in [0.2, 0.25) is 15.9 Å². The van der Waals surface area contributed by atoms with Gasteiger partial charge in [-0.1, -0.05) is 12.1 Å². The topological polar surface area (TPSA) is 93.4 Å². The summed E-state index contributed by atoms with van der Waals surface area (Å²) in [6.07, 6.45) is 1.89. The SMILES string of the molecule is Cn1c(=O)n(CCC(=O)Nc2ccc(S(=O)(=O)N3CCCC3)cc2)c2ccccc21. The number of fused-ring (bicyclic) bond motifs is 1. The molecule has 0 spiro atoms. The average Bonchev–Trinajstić information content (AvgIpc) is 3.36. The van der Waals surface area contributed by atoms with Gasteiger partial charge in [0.1, 0.15) is 0 Å². The molecule has 30 heavy (non-hydrogen) atoms. The maximum absolute atomic E-state index is 12.6. The van der Waals surface area contributed by atoms with Gasteiger partial charge in [0.05, 0.1) is 15.9 Å². The van der Waals surface area contributed by atoms with Crippen molar-refractivity contribution in [1.29, 1.82) is 0 Å². The first kappa shape index (κ1) is 20.4. The van der Waals surface area contributed by atoms with Crippen LogP contribution < -0.4 is 11.0 Å². The molecule has 9 heteroatoms. The van der Waals surface area contributed by atoms with E-state index in [0.29, 0.717) is 18.8 Å². The first-order chi connectivity index (χ1) is 14.4. The smallest absolute Gasteiger partial charge is 0.326 e. The molecule has 0 unspecified atom stereocenters. The minimum atomic E-state index is -3.47. The summed E-state index contributed by atoms with van der Waals surface area (Å²) < 4.78 is 29.8. The Labute approximate surface area is 174 Å². The zero-order chi connectivity index (χ0) is 21.3. The zero-order valence-corrected chi connectivity index (χ0v) is 17.6. The van der Waals surface area contributed by atoms with Crippen LogP contribution in [0.25, 0.3) is 11.0 Å². The van der Waals surface area contributed by atoms with Crippen LogP contribution in [0, 0.1) is 0 Å². The predicted octanol–water partition coefficient (Wildman–Crippen LogP) is 2.15. The van der Waals surface area contributed by atoms with Gasteiger partial charge in [0.25, 0.3) is 0 Å². The molecule has 1 aliphatic rings. The van der Waals surface area contributed by atoms with Crippen LogP contribution in [0.5, 0.6) is 0 Å². The Morgan fingerprint density at radius 1 is 1.00 bits per heavy atom. The number of hydrogen-bond donors (Lipinski definition) is 1. The number of carbonyl (C=O) groups is 1. The fourth-order valence-corrected chi connectivity index (χ4v) is 5.32. The highest BCUT2D eigenvalue weighted by Crippen LogP contribution is 2.22. The molecule has 8 nitrogen and oxygen atoms in total. The molecule has 0 saturated carbocycles. The van der Waals surface area contributed by atoms with Crippen molar-refractivity contribution in [2.24, 2.45) is 7.05 Å². The van der Waals surface area contributed by atoms with Gasteiger partial charge < -0.3 is 5.32 Å². The summed E-state index contributed by atoms with van der Waals surface area (Å²) in [5, 5.41) is 2.77. The predicted molar refractivity (Wildman–Crippen MR) is 115 cm³/mol. The van der Waals surface area contributed by atoms with Crippen molar-refractivity contribution in [3.05, 3.63) is 59.0 Å². The molecule has 4 rings (SSSR count). The van der Waals surface area contributed by atoms with E-state index in [1.165, 1.54) is 16.4 Å². The summed E-state index contributed by atoms with van der Waals surface area (Å²) in [4.78, 5) is 25.0. The summed E-state index contributed by atoms with van der Waals surface area (Å²) >= 11 is 0. The van der Waals surface area contributed by atoms with Gasteiger partial charge in [-0.3, -0.25) is 13.9 Å². The summed E-state index contributed by atoms with van der Waals surface area (Å²) in [7, 11) is -1.77. The number of anilines is 1. The van der Waals surface area contributed by atoms with Gasteiger partial charge in [0, 0.05) is 38.8 Å². The number of aromatic nitrogens is 2. The third kappa shape index (κ3) is 3.78. The highest BCUT2D eigenvalue weighted by atomic mass is 32.2. The molecular weight excluding hydrogens is 404 g/mol. The maximum atomic E-state index is 12.6. The van der Waals surface area contributed by atoms with Crippen molar-refractivity contribution in [3.63, 3.8) is 0 Å². The van der Waals surface area contributed by atoms with E-state index in [2.05, 4.69) is 5.32 Å². The maximum Gasteiger partial charge on any atom is 0.328 e. The summed E-state index contributed by atoms with van der Waals surface area (Å²) in [6.45, 7) is 1.36. The molecule has 0 bridgehead atoms. The Kier molecular flexibility index (Phi) is 5.48. The molecule has 1 fully saturated rings. The normalized spacial score (nSPS) is 15.0. The van der Waals surface area contributed by atoms with Crippen molar-refractivity contribution in [2.75, 3.05) is 18.4 Å². The number of rotatable bonds is 6. The fourth-order valence-electron chi connectivity index (χ4n) is 3.80. The van der Waals surface area contributed by atoms with Crippen LogP contribution in [-0.4, -0.2) is 40.9 Å². The summed E-state index contributed by atoms with van der Waals surface area (Å²) in [6, 6.07) is 13.6. The highest BCUT2D eigenvalue weighted by molar-refractivity contribution is 7.89. The summed E-state index contributed by atoms with van der Waals surface area (Å²) in [5.41, 5.74) is 1.96. The Balaban J connectivity index is 1.42. The van der Waals surface area contributed by atoms with Crippen LogP contribution in [0.2, 0.25) is 0 Å². The molecular formula is C21H24N4O4S. The third-order valence-electron chi connectivity index (χ3n) is 5.46. The molecule has 2 heterocycles. The molecule has 0 radical (unpaired) electrons. The number of nitrogens with one attached hydrogen (secondary N) is 1. The lowest BCUT2D eigenvalue weighted by Crippen LogP contribution is -2.27. The lowest BCUT2D eigenvalue weighted by Gasteiger charge is -2.15. The molecule has 158 valence electrons. The van der Waals surface area contributed by atoms with E-state index in [4.69, 9.17) is 0 Å². The largest absolute Gasteiger partial charge is 0.328 e.